The van der Waals surface area contributed by atoms with Crippen molar-refractivity contribution in [2.45, 2.75) is 103 Å². The summed E-state index contributed by atoms with van der Waals surface area (Å²) in [7, 11) is -1.61. The van der Waals surface area contributed by atoms with Crippen LogP contribution in [0.3, 0.4) is 0 Å². The minimum atomic E-state index is -2.67. The summed E-state index contributed by atoms with van der Waals surface area (Å²) < 4.78 is 27.1. The fourth-order valence-corrected chi connectivity index (χ4v) is 11.1. The Morgan fingerprint density at radius 3 is 1.97 bits per heavy atom. The number of rotatable bonds is 9. The lowest BCUT2D eigenvalue weighted by atomic mass is 9.91. The SMILES string of the molecule is CC(C)[Si](C#CCCCC1CCN(C[C@@]2(CO)CC2(F)F)CC1)(C(C)C)C(C)C. The van der Waals surface area contributed by atoms with Gasteiger partial charge < -0.3 is 10.0 Å². The zero-order chi connectivity index (χ0) is 21.9. The zero-order valence-corrected chi connectivity index (χ0v) is 20.5. The van der Waals surface area contributed by atoms with Gasteiger partial charge in [0, 0.05) is 19.4 Å². The number of unbranched alkanes of at least 4 members (excludes halogenated alkanes) is 1. The summed E-state index contributed by atoms with van der Waals surface area (Å²) in [5, 5.41) is 9.38. The lowest BCUT2D eigenvalue weighted by Crippen LogP contribution is -2.43. The Kier molecular flexibility index (Phi) is 8.38. The van der Waals surface area contributed by atoms with Gasteiger partial charge in [-0.2, -0.15) is 0 Å². The van der Waals surface area contributed by atoms with Gasteiger partial charge in [0.05, 0.1) is 12.0 Å². The molecule has 1 heterocycles. The number of aliphatic hydroxyl groups is 1. The second-order valence-corrected chi connectivity index (χ2v) is 16.2. The zero-order valence-electron chi connectivity index (χ0n) is 19.5. The van der Waals surface area contributed by atoms with E-state index in [2.05, 4.69) is 57.9 Å². The van der Waals surface area contributed by atoms with Crippen molar-refractivity contribution in [2.24, 2.45) is 11.3 Å². The van der Waals surface area contributed by atoms with E-state index in [-0.39, 0.29) is 6.42 Å². The van der Waals surface area contributed by atoms with Gasteiger partial charge in [-0.05, 0) is 61.3 Å². The van der Waals surface area contributed by atoms with E-state index in [4.69, 9.17) is 0 Å². The normalized spacial score (nSPS) is 25.5. The molecular formula is C24H43F2NOSi. The highest BCUT2D eigenvalue weighted by molar-refractivity contribution is 6.90. The molecule has 0 unspecified atom stereocenters. The van der Waals surface area contributed by atoms with Crippen LogP contribution in [0.2, 0.25) is 16.6 Å². The molecule has 0 bridgehead atoms. The minimum Gasteiger partial charge on any atom is -0.396 e. The number of piperidine rings is 1. The van der Waals surface area contributed by atoms with Crippen LogP contribution in [-0.2, 0) is 0 Å². The van der Waals surface area contributed by atoms with Crippen LogP contribution in [0.1, 0.15) is 80.1 Å². The molecule has 0 radical (unpaired) electrons. The van der Waals surface area contributed by atoms with E-state index in [0.29, 0.717) is 29.1 Å². The molecule has 0 aromatic carbocycles. The highest BCUT2D eigenvalue weighted by atomic mass is 28.3. The van der Waals surface area contributed by atoms with Crippen LogP contribution in [-0.4, -0.2) is 50.2 Å². The van der Waals surface area contributed by atoms with Crippen LogP contribution in [0.15, 0.2) is 0 Å². The first-order valence-corrected chi connectivity index (χ1v) is 13.9. The predicted octanol–water partition coefficient (Wildman–Crippen LogP) is 6.11. The molecular weight excluding hydrogens is 384 g/mol. The van der Waals surface area contributed by atoms with Gasteiger partial charge in [-0.1, -0.05) is 41.5 Å². The van der Waals surface area contributed by atoms with E-state index in [9.17, 15) is 13.9 Å². The van der Waals surface area contributed by atoms with E-state index < -0.39 is 26.0 Å². The maximum Gasteiger partial charge on any atom is 0.258 e. The number of hydrogen-bond acceptors (Lipinski definition) is 2. The second-order valence-electron chi connectivity index (χ2n) is 10.6. The molecule has 2 nitrogen and oxygen atoms in total. The van der Waals surface area contributed by atoms with Crippen molar-refractivity contribution in [1.82, 2.24) is 4.90 Å². The standard InChI is InChI=1S/C24H43F2NOSi/c1-19(2)29(20(3)4,21(5)6)15-9-7-8-10-22-11-13-27(14-12-22)17-23(18-28)16-24(23,25)26/h19-22,28H,7-8,10-14,16-18H2,1-6H3/t23-/m1/s1. The fourth-order valence-electron chi connectivity index (χ4n) is 5.76. The highest BCUT2D eigenvalue weighted by Gasteiger charge is 2.71. The molecule has 0 spiro atoms. The predicted molar refractivity (Wildman–Crippen MR) is 121 cm³/mol. The third-order valence-corrected chi connectivity index (χ3v) is 14.2. The Bertz CT molecular complexity index is 566. The van der Waals surface area contributed by atoms with Gasteiger partial charge in [0.1, 0.15) is 8.07 Å². The molecule has 168 valence electrons. The largest absolute Gasteiger partial charge is 0.396 e. The molecule has 1 N–H and O–H groups in total. The molecule has 1 saturated carbocycles. The van der Waals surface area contributed by atoms with Gasteiger partial charge in [-0.15, -0.1) is 11.5 Å². The van der Waals surface area contributed by atoms with Crippen molar-refractivity contribution in [3.63, 3.8) is 0 Å². The van der Waals surface area contributed by atoms with Crippen LogP contribution >= 0.6 is 0 Å². The van der Waals surface area contributed by atoms with Crippen molar-refractivity contribution in [3.8, 4) is 11.5 Å². The summed E-state index contributed by atoms with van der Waals surface area (Å²) in [6, 6.07) is 0. The molecule has 2 fully saturated rings. The highest BCUT2D eigenvalue weighted by Crippen LogP contribution is 2.60. The maximum absolute atomic E-state index is 13.6. The van der Waals surface area contributed by atoms with E-state index >= 15 is 0 Å². The van der Waals surface area contributed by atoms with Crippen molar-refractivity contribution < 1.29 is 13.9 Å². The van der Waals surface area contributed by atoms with Gasteiger partial charge in [-0.3, -0.25) is 0 Å². The number of likely N-dealkylation sites (tertiary alicyclic amines) is 1. The number of halogens is 2. The first kappa shape index (κ1) is 24.8. The topological polar surface area (TPSA) is 23.5 Å². The Morgan fingerprint density at radius 1 is 1.03 bits per heavy atom. The Balaban J connectivity index is 1.75. The number of alkyl halides is 2. The fraction of sp³-hybridized carbons (Fsp3) is 0.917. The summed E-state index contributed by atoms with van der Waals surface area (Å²) in [5.41, 5.74) is 4.69. The minimum absolute atomic E-state index is 0.150. The average molecular weight is 428 g/mol. The maximum atomic E-state index is 13.6. The first-order chi connectivity index (χ1) is 13.5. The van der Waals surface area contributed by atoms with Crippen molar-refractivity contribution in [1.29, 1.82) is 0 Å². The molecule has 2 rings (SSSR count). The van der Waals surface area contributed by atoms with Crippen LogP contribution in [0, 0.1) is 22.8 Å². The molecule has 2 aliphatic rings. The van der Waals surface area contributed by atoms with Crippen LogP contribution in [0.4, 0.5) is 8.78 Å². The quantitative estimate of drug-likeness (QED) is 0.273. The molecule has 1 atom stereocenters. The van der Waals surface area contributed by atoms with Crippen LogP contribution in [0.25, 0.3) is 0 Å². The van der Waals surface area contributed by atoms with E-state index in [1.807, 2.05) is 0 Å². The van der Waals surface area contributed by atoms with Gasteiger partial charge in [-0.25, -0.2) is 8.78 Å². The number of nitrogens with zero attached hydrogens (tertiary/aromatic N) is 1. The monoisotopic (exact) mass is 427 g/mol. The molecule has 1 saturated heterocycles. The summed E-state index contributed by atoms with van der Waals surface area (Å²) in [4.78, 5) is 2.14. The van der Waals surface area contributed by atoms with Gasteiger partial charge >= 0.3 is 0 Å². The Morgan fingerprint density at radius 2 is 1.55 bits per heavy atom. The third-order valence-electron chi connectivity index (χ3n) is 7.83. The average Bonchev–Trinajstić information content (AvgIpc) is 3.19. The molecule has 0 amide bonds. The third kappa shape index (κ3) is 5.43. The van der Waals surface area contributed by atoms with Gasteiger partial charge in [0.2, 0.25) is 0 Å². The summed E-state index contributed by atoms with van der Waals surface area (Å²) >= 11 is 0. The lowest BCUT2D eigenvalue weighted by molar-refractivity contribution is 0.0123. The second kappa shape index (κ2) is 9.79. The number of hydrogen-bond donors (Lipinski definition) is 1. The van der Waals surface area contributed by atoms with Gasteiger partial charge in [0.25, 0.3) is 5.92 Å². The smallest absolute Gasteiger partial charge is 0.258 e. The summed E-state index contributed by atoms with van der Waals surface area (Å²) in [5.74, 6) is 1.59. The Labute approximate surface area is 178 Å². The molecule has 29 heavy (non-hydrogen) atoms. The Hall–Kier alpha value is -0.443. The molecule has 0 aromatic rings. The summed E-state index contributed by atoms with van der Waals surface area (Å²) in [6.07, 6.45) is 5.36. The molecule has 1 aliphatic carbocycles. The van der Waals surface area contributed by atoms with Crippen molar-refractivity contribution in [2.75, 3.05) is 26.2 Å². The van der Waals surface area contributed by atoms with Crippen LogP contribution in [0.5, 0.6) is 0 Å². The van der Waals surface area contributed by atoms with E-state index in [1.165, 1.54) is 6.42 Å². The van der Waals surface area contributed by atoms with Gasteiger partial charge in [0.15, 0.2) is 0 Å². The number of aliphatic hydroxyl groups excluding tert-OH is 1. The lowest BCUT2D eigenvalue weighted by Gasteiger charge is -2.38. The summed E-state index contributed by atoms with van der Waals surface area (Å²) in [6.45, 7) is 15.9. The van der Waals surface area contributed by atoms with E-state index in [1.54, 1.807) is 0 Å². The van der Waals surface area contributed by atoms with Crippen molar-refractivity contribution >= 4 is 8.07 Å². The van der Waals surface area contributed by atoms with Crippen LogP contribution < -0.4 is 0 Å². The molecule has 1 aliphatic heterocycles. The molecule has 5 heteroatoms. The van der Waals surface area contributed by atoms with Crippen molar-refractivity contribution in [3.05, 3.63) is 0 Å². The molecule has 0 aromatic heterocycles. The first-order valence-electron chi connectivity index (χ1n) is 11.7. The van der Waals surface area contributed by atoms with E-state index in [0.717, 1.165) is 38.8 Å².